The Balaban J connectivity index is 1.54. The Hall–Kier alpha value is -3.41. The third-order valence-electron chi connectivity index (χ3n) is 5.17. The van der Waals surface area contributed by atoms with Crippen LogP contribution in [0, 0.1) is 13.8 Å². The summed E-state index contributed by atoms with van der Waals surface area (Å²) in [6.07, 6.45) is 0.841. The molecule has 0 fully saturated rings. The number of hydrogen-bond acceptors (Lipinski definition) is 5. The van der Waals surface area contributed by atoms with Gasteiger partial charge in [0.2, 0.25) is 0 Å². The number of methoxy groups -OCH3 is 1. The highest BCUT2D eigenvalue weighted by atomic mass is 16.5. The van der Waals surface area contributed by atoms with Crippen molar-refractivity contribution in [2.45, 2.75) is 39.8 Å². The Morgan fingerprint density at radius 3 is 2.60 bits per heavy atom. The van der Waals surface area contributed by atoms with Gasteiger partial charge in [0.15, 0.2) is 0 Å². The second-order valence-corrected chi connectivity index (χ2v) is 7.59. The molecular formula is C24H27N5O. The Morgan fingerprint density at radius 2 is 1.77 bits per heavy atom. The zero-order valence-electron chi connectivity index (χ0n) is 17.9. The van der Waals surface area contributed by atoms with Gasteiger partial charge in [-0.15, -0.1) is 0 Å². The first kappa shape index (κ1) is 19.9. The largest absolute Gasteiger partial charge is 0.496 e. The molecule has 0 bridgehead atoms. The molecule has 0 saturated carbocycles. The smallest absolute Gasteiger partial charge is 0.130 e. The molecule has 0 saturated heterocycles. The number of aryl methyl sites for hydroxylation is 2. The number of nitrogens with one attached hydrogen (secondary N) is 1. The van der Waals surface area contributed by atoms with Crippen LogP contribution in [0.15, 0.2) is 54.6 Å². The van der Waals surface area contributed by atoms with Crippen LogP contribution in [-0.2, 0) is 13.0 Å². The first-order valence-electron chi connectivity index (χ1n) is 10.2. The van der Waals surface area contributed by atoms with Crippen LogP contribution in [0.1, 0.15) is 29.8 Å². The molecule has 6 nitrogen and oxygen atoms in total. The molecule has 0 aliphatic heterocycles. The molecule has 6 heteroatoms. The van der Waals surface area contributed by atoms with Crippen LogP contribution in [0.4, 0.5) is 5.82 Å². The van der Waals surface area contributed by atoms with Crippen LogP contribution < -0.4 is 10.1 Å². The molecule has 4 rings (SSSR count). The van der Waals surface area contributed by atoms with Crippen molar-refractivity contribution in [3.05, 3.63) is 77.5 Å². The maximum Gasteiger partial charge on any atom is 0.130 e. The lowest BCUT2D eigenvalue weighted by molar-refractivity contribution is 0.409. The van der Waals surface area contributed by atoms with Crippen molar-refractivity contribution in [3.8, 4) is 5.75 Å². The van der Waals surface area contributed by atoms with Gasteiger partial charge in [-0.3, -0.25) is 0 Å². The maximum absolute atomic E-state index is 5.48. The predicted molar refractivity (Wildman–Crippen MR) is 120 cm³/mol. The van der Waals surface area contributed by atoms with Gasteiger partial charge in [0, 0.05) is 12.1 Å². The van der Waals surface area contributed by atoms with E-state index in [4.69, 9.17) is 4.74 Å². The molecule has 30 heavy (non-hydrogen) atoms. The van der Waals surface area contributed by atoms with Crippen LogP contribution in [-0.4, -0.2) is 32.7 Å². The lowest BCUT2D eigenvalue weighted by Crippen LogP contribution is -2.20. The average Bonchev–Trinajstić information content (AvgIpc) is 3.03. The summed E-state index contributed by atoms with van der Waals surface area (Å²) in [6.45, 7) is 6.77. The van der Waals surface area contributed by atoms with Crippen LogP contribution >= 0.6 is 0 Å². The highest BCUT2D eigenvalue weighted by Crippen LogP contribution is 2.21. The van der Waals surface area contributed by atoms with Crippen LogP contribution in [0.3, 0.4) is 0 Å². The number of aromatic nitrogens is 4. The van der Waals surface area contributed by atoms with E-state index in [1.165, 1.54) is 5.56 Å². The Labute approximate surface area is 177 Å². The number of nitrogens with zero attached hydrogens (tertiary/aromatic N) is 4. The summed E-state index contributed by atoms with van der Waals surface area (Å²) in [5.41, 5.74) is 4.25. The van der Waals surface area contributed by atoms with Crippen LogP contribution in [0.25, 0.3) is 11.0 Å². The number of rotatable bonds is 7. The molecular weight excluding hydrogens is 374 g/mol. The number of fused-ring (bicyclic) bond motifs is 1. The number of anilines is 1. The van der Waals surface area contributed by atoms with Gasteiger partial charge in [0.25, 0.3) is 0 Å². The number of ether oxygens (including phenoxy) is 1. The Bertz CT molecular complexity index is 1170. The molecule has 1 atom stereocenters. The van der Waals surface area contributed by atoms with Crippen molar-refractivity contribution >= 4 is 16.9 Å². The van der Waals surface area contributed by atoms with E-state index in [1.807, 2.05) is 56.3 Å². The van der Waals surface area contributed by atoms with Crippen molar-refractivity contribution in [2.24, 2.45) is 0 Å². The van der Waals surface area contributed by atoms with Crippen molar-refractivity contribution in [1.82, 2.24) is 19.5 Å². The molecule has 154 valence electrons. The summed E-state index contributed by atoms with van der Waals surface area (Å²) in [4.78, 5) is 13.9. The summed E-state index contributed by atoms with van der Waals surface area (Å²) in [7, 11) is 1.71. The fourth-order valence-electron chi connectivity index (χ4n) is 3.85. The molecule has 4 aromatic rings. The van der Waals surface area contributed by atoms with Gasteiger partial charge in [-0.25, -0.2) is 15.0 Å². The quantitative estimate of drug-likeness (QED) is 0.492. The minimum atomic E-state index is 0.194. The Morgan fingerprint density at radius 1 is 1.00 bits per heavy atom. The molecule has 0 radical (unpaired) electrons. The standard InChI is InChI=1S/C24H27N5O/c1-16(13-19-9-5-8-12-23(19)30-4)25-24-14-20(26-17(2)27-24)15-29-18(3)28-21-10-6-7-11-22(21)29/h5-12,14,16H,13,15H2,1-4H3,(H,25,26,27)/t16-/m0/s1. The molecule has 2 aromatic heterocycles. The van der Waals surface area contributed by atoms with E-state index in [1.54, 1.807) is 7.11 Å². The number of benzene rings is 2. The summed E-state index contributed by atoms with van der Waals surface area (Å²) in [5, 5.41) is 3.52. The molecule has 2 aromatic carbocycles. The second-order valence-electron chi connectivity index (χ2n) is 7.59. The zero-order chi connectivity index (χ0) is 21.1. The average molecular weight is 402 g/mol. The molecule has 0 aliphatic carbocycles. The van der Waals surface area contributed by atoms with Gasteiger partial charge >= 0.3 is 0 Å². The number of imidazole rings is 1. The van der Waals surface area contributed by atoms with E-state index >= 15 is 0 Å². The van der Waals surface area contributed by atoms with Crippen molar-refractivity contribution in [3.63, 3.8) is 0 Å². The Kier molecular flexibility index (Phi) is 5.65. The second kappa shape index (κ2) is 8.53. The monoisotopic (exact) mass is 401 g/mol. The fourth-order valence-corrected chi connectivity index (χ4v) is 3.85. The lowest BCUT2D eigenvalue weighted by Gasteiger charge is -2.17. The molecule has 0 unspecified atom stereocenters. The van der Waals surface area contributed by atoms with Crippen molar-refractivity contribution in [2.75, 3.05) is 12.4 Å². The molecule has 0 spiro atoms. The SMILES string of the molecule is COc1ccccc1C[C@H](C)Nc1cc(Cn2c(C)nc3ccccc32)nc(C)n1. The van der Waals surface area contributed by atoms with E-state index < -0.39 is 0 Å². The summed E-state index contributed by atoms with van der Waals surface area (Å²) in [5.74, 6) is 3.48. The van der Waals surface area contributed by atoms with Crippen molar-refractivity contribution in [1.29, 1.82) is 0 Å². The minimum absolute atomic E-state index is 0.194. The number of para-hydroxylation sites is 3. The normalized spacial score (nSPS) is 12.1. The van der Waals surface area contributed by atoms with Crippen LogP contribution in [0.2, 0.25) is 0 Å². The predicted octanol–water partition coefficient (Wildman–Crippen LogP) is 4.54. The van der Waals surface area contributed by atoms with Gasteiger partial charge in [-0.2, -0.15) is 0 Å². The lowest BCUT2D eigenvalue weighted by atomic mass is 10.1. The van der Waals surface area contributed by atoms with E-state index in [0.717, 1.165) is 46.4 Å². The maximum atomic E-state index is 5.48. The van der Waals surface area contributed by atoms with Gasteiger partial charge in [0.05, 0.1) is 30.4 Å². The molecule has 1 N–H and O–H groups in total. The van der Waals surface area contributed by atoms with Gasteiger partial charge < -0.3 is 14.6 Å². The first-order valence-corrected chi connectivity index (χ1v) is 10.2. The summed E-state index contributed by atoms with van der Waals surface area (Å²) >= 11 is 0. The summed E-state index contributed by atoms with van der Waals surface area (Å²) < 4.78 is 7.67. The van der Waals surface area contributed by atoms with E-state index in [9.17, 15) is 0 Å². The number of hydrogen-bond donors (Lipinski definition) is 1. The van der Waals surface area contributed by atoms with Crippen LogP contribution in [0.5, 0.6) is 5.75 Å². The fraction of sp³-hybridized carbons (Fsp3) is 0.292. The van der Waals surface area contributed by atoms with Gasteiger partial charge in [-0.05, 0) is 51.0 Å². The third kappa shape index (κ3) is 4.27. The highest BCUT2D eigenvalue weighted by Gasteiger charge is 2.12. The third-order valence-corrected chi connectivity index (χ3v) is 5.17. The topological polar surface area (TPSA) is 64.9 Å². The zero-order valence-corrected chi connectivity index (χ0v) is 17.9. The van der Waals surface area contributed by atoms with Gasteiger partial charge in [-0.1, -0.05) is 30.3 Å². The highest BCUT2D eigenvalue weighted by molar-refractivity contribution is 5.75. The first-order chi connectivity index (χ1) is 14.5. The van der Waals surface area contributed by atoms with E-state index in [0.29, 0.717) is 6.54 Å². The molecule has 0 aliphatic rings. The minimum Gasteiger partial charge on any atom is -0.496 e. The molecule has 2 heterocycles. The van der Waals surface area contributed by atoms with Crippen molar-refractivity contribution < 1.29 is 4.74 Å². The molecule has 0 amide bonds. The van der Waals surface area contributed by atoms with E-state index in [-0.39, 0.29) is 6.04 Å². The van der Waals surface area contributed by atoms with E-state index in [2.05, 4.69) is 43.9 Å². The van der Waals surface area contributed by atoms with Gasteiger partial charge in [0.1, 0.15) is 23.2 Å². The summed E-state index contributed by atoms with van der Waals surface area (Å²) in [6, 6.07) is 18.5.